The molecule has 1 amide bonds. The summed E-state index contributed by atoms with van der Waals surface area (Å²) in [5.74, 6) is -0.309. The highest BCUT2D eigenvalue weighted by atomic mass is 35.6. The van der Waals surface area contributed by atoms with Crippen LogP contribution in [0.15, 0.2) is 18.2 Å². The van der Waals surface area contributed by atoms with Crippen LogP contribution in [-0.2, 0) is 11.3 Å². The third-order valence-corrected chi connectivity index (χ3v) is 3.70. The maximum Gasteiger partial charge on any atom is 0.275 e. The van der Waals surface area contributed by atoms with Crippen molar-refractivity contribution in [3.8, 4) is 0 Å². The summed E-state index contributed by atoms with van der Waals surface area (Å²) in [7, 11) is 0. The second-order valence-electron chi connectivity index (χ2n) is 4.83. The van der Waals surface area contributed by atoms with Crippen molar-refractivity contribution in [2.24, 2.45) is 5.92 Å². The minimum absolute atomic E-state index is 0.245. The normalized spacial score (nSPS) is 11.8. The fourth-order valence-electron chi connectivity index (χ4n) is 1.70. The van der Waals surface area contributed by atoms with Crippen LogP contribution in [0, 0.1) is 5.92 Å². The second kappa shape index (κ2) is 7.42. The molecule has 0 unspecified atom stereocenters. The zero-order chi connectivity index (χ0) is 15.5. The van der Waals surface area contributed by atoms with E-state index in [1.54, 1.807) is 18.2 Å². The maximum absolute atomic E-state index is 12.1. The summed E-state index contributed by atoms with van der Waals surface area (Å²) >= 11 is 28.9. The van der Waals surface area contributed by atoms with Crippen LogP contribution in [0.1, 0.15) is 19.4 Å². The van der Waals surface area contributed by atoms with E-state index in [4.69, 9.17) is 58.0 Å². The number of alkyl halides is 3. The molecule has 1 aromatic rings. The quantitative estimate of drug-likeness (QED) is 0.648. The Kier molecular flexibility index (Phi) is 6.75. The van der Waals surface area contributed by atoms with E-state index in [1.165, 1.54) is 4.90 Å². The SMILES string of the molecule is CC(C)CN(Cc1ccc(Cl)c(Cl)c1)C(=O)C(Cl)(Cl)Cl. The van der Waals surface area contributed by atoms with Crippen LogP contribution in [0.4, 0.5) is 0 Å². The van der Waals surface area contributed by atoms with Crippen LogP contribution in [0.3, 0.4) is 0 Å². The number of hydrogen-bond donors (Lipinski definition) is 0. The van der Waals surface area contributed by atoms with E-state index in [-0.39, 0.29) is 5.92 Å². The van der Waals surface area contributed by atoms with Crippen molar-refractivity contribution in [2.75, 3.05) is 6.54 Å². The Hall–Kier alpha value is 0.140. The van der Waals surface area contributed by atoms with E-state index in [1.807, 2.05) is 13.8 Å². The fraction of sp³-hybridized carbons (Fsp3) is 0.462. The number of amides is 1. The van der Waals surface area contributed by atoms with Gasteiger partial charge in [-0.3, -0.25) is 4.79 Å². The number of hydrogen-bond acceptors (Lipinski definition) is 1. The van der Waals surface area contributed by atoms with E-state index >= 15 is 0 Å². The minimum atomic E-state index is -1.97. The largest absolute Gasteiger partial charge is 0.334 e. The van der Waals surface area contributed by atoms with Gasteiger partial charge in [0.25, 0.3) is 9.70 Å². The summed E-state index contributed by atoms with van der Waals surface area (Å²) in [4.78, 5) is 13.6. The summed E-state index contributed by atoms with van der Waals surface area (Å²) in [5, 5.41) is 0.883. The Morgan fingerprint density at radius 1 is 1.20 bits per heavy atom. The molecule has 0 N–H and O–H groups in total. The molecule has 0 aliphatic rings. The van der Waals surface area contributed by atoms with Gasteiger partial charge in [-0.15, -0.1) is 0 Å². The predicted octanol–water partition coefficient (Wildman–Crippen LogP) is 5.35. The second-order valence-corrected chi connectivity index (χ2v) is 7.92. The number of carbonyl (C=O) groups excluding carboxylic acids is 1. The Morgan fingerprint density at radius 3 is 2.25 bits per heavy atom. The molecule has 0 aromatic heterocycles. The molecule has 0 fully saturated rings. The molecular formula is C13H14Cl5NO. The molecule has 2 nitrogen and oxygen atoms in total. The first-order valence-corrected chi connectivity index (χ1v) is 7.80. The topological polar surface area (TPSA) is 20.3 Å². The molecule has 0 radical (unpaired) electrons. The number of rotatable bonds is 4. The van der Waals surface area contributed by atoms with E-state index in [0.29, 0.717) is 23.1 Å². The van der Waals surface area contributed by atoms with Gasteiger partial charge in [-0.1, -0.05) is 77.9 Å². The highest BCUT2D eigenvalue weighted by molar-refractivity contribution is 6.76. The Labute approximate surface area is 143 Å². The van der Waals surface area contributed by atoms with Crippen molar-refractivity contribution < 1.29 is 4.79 Å². The summed E-state index contributed by atoms with van der Waals surface area (Å²) in [6.45, 7) is 4.75. The monoisotopic (exact) mass is 375 g/mol. The van der Waals surface area contributed by atoms with Crippen LogP contribution < -0.4 is 0 Å². The molecule has 0 aliphatic carbocycles. The lowest BCUT2D eigenvalue weighted by molar-refractivity contribution is -0.131. The highest BCUT2D eigenvalue weighted by Crippen LogP contribution is 2.30. The molecule has 1 aromatic carbocycles. The van der Waals surface area contributed by atoms with E-state index < -0.39 is 9.70 Å². The van der Waals surface area contributed by atoms with Gasteiger partial charge in [0.15, 0.2) is 0 Å². The molecule has 7 heteroatoms. The van der Waals surface area contributed by atoms with Crippen molar-refractivity contribution in [1.82, 2.24) is 4.90 Å². The summed E-state index contributed by atoms with van der Waals surface area (Å²) in [5.41, 5.74) is 0.822. The molecule has 20 heavy (non-hydrogen) atoms. The van der Waals surface area contributed by atoms with Crippen LogP contribution in [0.5, 0.6) is 0 Å². The van der Waals surface area contributed by atoms with Gasteiger partial charge in [0.05, 0.1) is 10.0 Å². The van der Waals surface area contributed by atoms with Crippen molar-refractivity contribution >= 4 is 63.9 Å². The average Bonchev–Trinajstić information content (AvgIpc) is 2.30. The Bertz CT molecular complexity index is 484. The molecule has 0 heterocycles. The standard InChI is InChI=1S/C13H14Cl5NO/c1-8(2)6-19(12(20)13(16,17)18)7-9-3-4-10(14)11(15)5-9/h3-5,8H,6-7H2,1-2H3. The summed E-state index contributed by atoms with van der Waals surface area (Å²) < 4.78 is -1.97. The molecule has 0 bridgehead atoms. The van der Waals surface area contributed by atoms with Crippen LogP contribution in [0.25, 0.3) is 0 Å². The van der Waals surface area contributed by atoms with Gasteiger partial charge in [0, 0.05) is 13.1 Å². The smallest absolute Gasteiger partial charge is 0.275 e. The molecule has 0 spiro atoms. The van der Waals surface area contributed by atoms with Crippen molar-refractivity contribution in [3.05, 3.63) is 33.8 Å². The third-order valence-electron chi connectivity index (χ3n) is 2.47. The third kappa shape index (κ3) is 5.50. The van der Waals surface area contributed by atoms with Gasteiger partial charge in [-0.05, 0) is 23.6 Å². The zero-order valence-corrected chi connectivity index (χ0v) is 14.7. The molecule has 112 valence electrons. The van der Waals surface area contributed by atoms with Crippen molar-refractivity contribution in [3.63, 3.8) is 0 Å². The minimum Gasteiger partial charge on any atom is -0.334 e. The van der Waals surface area contributed by atoms with Gasteiger partial charge in [0.1, 0.15) is 0 Å². The average molecular weight is 378 g/mol. The lowest BCUT2D eigenvalue weighted by Crippen LogP contribution is -2.40. The van der Waals surface area contributed by atoms with Crippen LogP contribution in [-0.4, -0.2) is 21.1 Å². The molecular weight excluding hydrogens is 363 g/mol. The lowest BCUT2D eigenvalue weighted by Gasteiger charge is -2.27. The highest BCUT2D eigenvalue weighted by Gasteiger charge is 2.35. The molecule has 1 rings (SSSR count). The molecule has 0 saturated carbocycles. The van der Waals surface area contributed by atoms with Crippen LogP contribution in [0.2, 0.25) is 10.0 Å². The van der Waals surface area contributed by atoms with Crippen molar-refractivity contribution in [2.45, 2.75) is 24.2 Å². The van der Waals surface area contributed by atoms with Crippen LogP contribution >= 0.6 is 58.0 Å². The number of benzene rings is 1. The van der Waals surface area contributed by atoms with Gasteiger partial charge in [-0.2, -0.15) is 0 Å². The van der Waals surface area contributed by atoms with Gasteiger partial charge < -0.3 is 4.90 Å². The molecule has 0 aliphatic heterocycles. The van der Waals surface area contributed by atoms with E-state index in [0.717, 1.165) is 5.56 Å². The Morgan fingerprint density at radius 2 is 1.80 bits per heavy atom. The Balaban J connectivity index is 2.94. The first kappa shape index (κ1) is 18.2. The molecule has 0 saturated heterocycles. The number of nitrogens with zero attached hydrogens (tertiary/aromatic N) is 1. The first-order valence-electron chi connectivity index (χ1n) is 5.91. The number of carbonyl (C=O) groups is 1. The predicted molar refractivity (Wildman–Crippen MR) is 87.0 cm³/mol. The van der Waals surface area contributed by atoms with E-state index in [9.17, 15) is 4.79 Å². The maximum atomic E-state index is 12.1. The van der Waals surface area contributed by atoms with E-state index in [2.05, 4.69) is 0 Å². The molecule has 0 atom stereocenters. The summed E-state index contributed by atoms with van der Waals surface area (Å²) in [6, 6.07) is 5.16. The lowest BCUT2D eigenvalue weighted by atomic mass is 10.1. The van der Waals surface area contributed by atoms with Gasteiger partial charge in [-0.25, -0.2) is 0 Å². The number of halogens is 5. The fourth-order valence-corrected chi connectivity index (χ4v) is 2.38. The van der Waals surface area contributed by atoms with Gasteiger partial charge in [0.2, 0.25) is 0 Å². The van der Waals surface area contributed by atoms with Crippen molar-refractivity contribution in [1.29, 1.82) is 0 Å². The summed E-state index contributed by atoms with van der Waals surface area (Å²) in [6.07, 6.45) is 0. The van der Waals surface area contributed by atoms with Gasteiger partial charge >= 0.3 is 0 Å². The first-order chi connectivity index (χ1) is 9.11. The zero-order valence-electron chi connectivity index (χ0n) is 11.0.